The second-order valence-corrected chi connectivity index (χ2v) is 3.98. The number of benzene rings is 1. The Hall–Kier alpha value is -0.961. The van der Waals surface area contributed by atoms with Crippen molar-refractivity contribution in [3.63, 3.8) is 0 Å². The first-order valence-electron chi connectivity index (χ1n) is 4.34. The van der Waals surface area contributed by atoms with E-state index in [4.69, 9.17) is 0 Å². The van der Waals surface area contributed by atoms with Gasteiger partial charge >= 0.3 is 0 Å². The van der Waals surface area contributed by atoms with Gasteiger partial charge in [0.1, 0.15) is 5.13 Å². The van der Waals surface area contributed by atoms with Gasteiger partial charge in [0.15, 0.2) is 0 Å². The Morgan fingerprint density at radius 1 is 1.20 bits per heavy atom. The standard InChI is InChI=1S/C11H7N2S.Ir/c1-2-6-10-9(5-1)12-11(14-10)13-7-3-4-8-13;/h1-7H;/q-1;. The van der Waals surface area contributed by atoms with E-state index in [-0.39, 0.29) is 20.1 Å². The van der Waals surface area contributed by atoms with E-state index < -0.39 is 0 Å². The van der Waals surface area contributed by atoms with Crippen LogP contribution >= 0.6 is 11.3 Å². The summed E-state index contributed by atoms with van der Waals surface area (Å²) >= 11 is 1.68. The predicted octanol–water partition coefficient (Wildman–Crippen LogP) is 2.88. The maximum absolute atomic E-state index is 4.51. The van der Waals surface area contributed by atoms with Crippen LogP contribution in [0.15, 0.2) is 42.6 Å². The predicted molar refractivity (Wildman–Crippen MR) is 57.8 cm³/mol. The molecule has 2 nitrogen and oxygen atoms in total. The maximum atomic E-state index is 4.51. The van der Waals surface area contributed by atoms with Crippen LogP contribution in [0.4, 0.5) is 0 Å². The van der Waals surface area contributed by atoms with Crippen LogP contribution in [0.1, 0.15) is 0 Å². The van der Waals surface area contributed by atoms with Gasteiger partial charge in [0, 0.05) is 24.8 Å². The van der Waals surface area contributed by atoms with Crippen molar-refractivity contribution in [3.8, 4) is 5.13 Å². The summed E-state index contributed by atoms with van der Waals surface area (Å²) in [5, 5.41) is 0.969. The minimum absolute atomic E-state index is 0. The van der Waals surface area contributed by atoms with E-state index in [1.54, 1.807) is 11.3 Å². The van der Waals surface area contributed by atoms with Gasteiger partial charge in [-0.25, -0.2) is 0 Å². The van der Waals surface area contributed by atoms with E-state index in [9.17, 15) is 0 Å². The molecule has 3 aromatic rings. The Morgan fingerprint density at radius 2 is 2.07 bits per heavy atom. The minimum atomic E-state index is 0. The van der Waals surface area contributed by atoms with Gasteiger partial charge in [-0.1, -0.05) is 18.3 Å². The van der Waals surface area contributed by atoms with Gasteiger partial charge in [-0.15, -0.1) is 23.6 Å². The van der Waals surface area contributed by atoms with Gasteiger partial charge in [0.05, 0.1) is 5.52 Å². The molecule has 77 valence electrons. The fourth-order valence-electron chi connectivity index (χ4n) is 1.38. The number of nitrogens with zero attached hydrogens (tertiary/aromatic N) is 2. The van der Waals surface area contributed by atoms with E-state index in [1.165, 1.54) is 4.70 Å². The first-order valence-corrected chi connectivity index (χ1v) is 5.16. The molecule has 0 bridgehead atoms. The topological polar surface area (TPSA) is 17.8 Å². The van der Waals surface area contributed by atoms with E-state index >= 15 is 0 Å². The Bertz CT molecular complexity index is 524. The molecule has 2 aromatic heterocycles. The molecule has 1 aromatic carbocycles. The Balaban J connectivity index is 0.000000853. The zero-order valence-electron chi connectivity index (χ0n) is 7.68. The van der Waals surface area contributed by atoms with Crippen molar-refractivity contribution in [1.82, 2.24) is 9.55 Å². The molecule has 15 heavy (non-hydrogen) atoms. The third kappa shape index (κ3) is 1.88. The maximum Gasteiger partial charge on any atom is 0.110 e. The van der Waals surface area contributed by atoms with Crippen LogP contribution in [-0.4, -0.2) is 9.55 Å². The molecule has 0 spiro atoms. The first kappa shape index (κ1) is 10.6. The molecule has 0 fully saturated rings. The van der Waals surface area contributed by atoms with Gasteiger partial charge in [-0.05, 0) is 12.1 Å². The molecule has 0 aliphatic rings. The molecule has 3 rings (SSSR count). The minimum Gasteiger partial charge on any atom is -0.427 e. The van der Waals surface area contributed by atoms with Crippen molar-refractivity contribution >= 4 is 21.6 Å². The van der Waals surface area contributed by atoms with Crippen molar-refractivity contribution in [2.75, 3.05) is 0 Å². The Morgan fingerprint density at radius 3 is 2.80 bits per heavy atom. The summed E-state index contributed by atoms with van der Waals surface area (Å²) in [5.41, 5.74) is 1.05. The first-order chi connectivity index (χ1) is 6.93. The molecule has 1 radical (unpaired) electrons. The SMILES string of the molecule is [Ir].[c-]1cccn1-c1nc2ccccc2s1. The zero-order valence-corrected chi connectivity index (χ0v) is 10.9. The fraction of sp³-hybridized carbons (Fsp3) is 0. The van der Waals surface area contributed by atoms with Crippen molar-refractivity contribution < 1.29 is 20.1 Å². The van der Waals surface area contributed by atoms with Gasteiger partial charge < -0.3 is 4.57 Å². The number of fused-ring (bicyclic) bond motifs is 1. The van der Waals surface area contributed by atoms with Crippen LogP contribution in [0.25, 0.3) is 15.3 Å². The Kier molecular flexibility index (Phi) is 3.00. The fourth-order valence-corrected chi connectivity index (χ4v) is 2.30. The molecular weight excluding hydrogens is 384 g/mol. The third-order valence-corrected chi connectivity index (χ3v) is 3.07. The molecule has 0 saturated heterocycles. The van der Waals surface area contributed by atoms with E-state index in [2.05, 4.69) is 17.2 Å². The van der Waals surface area contributed by atoms with Crippen LogP contribution in [0.2, 0.25) is 0 Å². The van der Waals surface area contributed by atoms with Crippen LogP contribution < -0.4 is 0 Å². The van der Waals surface area contributed by atoms with Crippen LogP contribution in [0.5, 0.6) is 0 Å². The normalized spacial score (nSPS) is 10.1. The monoisotopic (exact) mass is 392 g/mol. The summed E-state index contributed by atoms with van der Waals surface area (Å²) in [5.74, 6) is 0. The molecular formula is C11H7IrN2S-. The second kappa shape index (κ2) is 4.27. The number of para-hydroxylation sites is 1. The molecule has 0 N–H and O–H groups in total. The van der Waals surface area contributed by atoms with Crippen molar-refractivity contribution in [3.05, 3.63) is 48.8 Å². The number of hydrogen-bond donors (Lipinski definition) is 0. The number of aromatic nitrogens is 2. The largest absolute Gasteiger partial charge is 0.427 e. The molecule has 0 atom stereocenters. The number of thiazole rings is 1. The van der Waals surface area contributed by atoms with Gasteiger partial charge in [-0.2, -0.15) is 6.07 Å². The van der Waals surface area contributed by atoms with E-state index in [1.807, 2.05) is 41.1 Å². The van der Waals surface area contributed by atoms with E-state index in [0.29, 0.717) is 0 Å². The van der Waals surface area contributed by atoms with Crippen molar-refractivity contribution in [1.29, 1.82) is 0 Å². The van der Waals surface area contributed by atoms with Crippen LogP contribution in [-0.2, 0) is 20.1 Å². The smallest absolute Gasteiger partial charge is 0.110 e. The number of hydrogen-bond acceptors (Lipinski definition) is 2. The summed E-state index contributed by atoms with van der Waals surface area (Å²) in [7, 11) is 0. The quantitative estimate of drug-likeness (QED) is 0.584. The summed E-state index contributed by atoms with van der Waals surface area (Å²) < 4.78 is 3.12. The average molecular weight is 391 g/mol. The summed E-state index contributed by atoms with van der Waals surface area (Å²) in [6.07, 6.45) is 5.04. The molecule has 4 heteroatoms. The van der Waals surface area contributed by atoms with Crippen LogP contribution in [0.3, 0.4) is 0 Å². The van der Waals surface area contributed by atoms with Crippen molar-refractivity contribution in [2.24, 2.45) is 0 Å². The van der Waals surface area contributed by atoms with Gasteiger partial charge in [-0.3, -0.25) is 4.98 Å². The summed E-state index contributed by atoms with van der Waals surface area (Å²) in [6.45, 7) is 0. The molecule has 0 amide bonds. The second-order valence-electron chi connectivity index (χ2n) is 2.97. The number of rotatable bonds is 1. The van der Waals surface area contributed by atoms with Gasteiger partial charge in [0.2, 0.25) is 0 Å². The molecule has 2 heterocycles. The molecule has 0 aliphatic heterocycles. The van der Waals surface area contributed by atoms with Crippen LogP contribution in [0, 0.1) is 6.20 Å². The van der Waals surface area contributed by atoms with Crippen molar-refractivity contribution in [2.45, 2.75) is 0 Å². The Labute approximate surface area is 105 Å². The zero-order chi connectivity index (χ0) is 9.38. The van der Waals surface area contributed by atoms with E-state index in [0.717, 1.165) is 10.6 Å². The average Bonchev–Trinajstić information content (AvgIpc) is 2.86. The van der Waals surface area contributed by atoms with Gasteiger partial charge in [0.25, 0.3) is 0 Å². The molecule has 0 unspecified atom stereocenters. The summed E-state index contributed by atoms with van der Waals surface area (Å²) in [4.78, 5) is 4.51. The molecule has 0 saturated carbocycles. The third-order valence-electron chi connectivity index (χ3n) is 2.03. The summed E-state index contributed by atoms with van der Waals surface area (Å²) in [6, 6.07) is 12.0. The molecule has 0 aliphatic carbocycles.